The van der Waals surface area contributed by atoms with E-state index in [1.807, 2.05) is 0 Å². The molecule has 0 bridgehead atoms. The van der Waals surface area contributed by atoms with Crippen molar-refractivity contribution in [3.8, 4) is 5.75 Å². The first-order valence-electron chi connectivity index (χ1n) is 6.31. The summed E-state index contributed by atoms with van der Waals surface area (Å²) in [6.07, 6.45) is 3.39. The lowest BCUT2D eigenvalue weighted by Crippen LogP contribution is -2.28. The second kappa shape index (κ2) is 7.13. The van der Waals surface area contributed by atoms with E-state index in [1.165, 1.54) is 6.33 Å². The molecule has 0 spiro atoms. The molecule has 1 amide bonds. The minimum atomic E-state index is -0.0404. The quantitative estimate of drug-likeness (QED) is 0.565. The number of carbonyl (C=O) groups is 1. The van der Waals surface area contributed by atoms with Crippen LogP contribution in [0.15, 0.2) is 36.9 Å². The Kier molecular flexibility index (Phi) is 4.94. The molecule has 7 nitrogen and oxygen atoms in total. The molecule has 1 aromatic heterocycles. The van der Waals surface area contributed by atoms with Crippen molar-refractivity contribution in [2.24, 2.45) is 0 Å². The number of amides is 1. The number of nitrogens with one attached hydrogen (secondary N) is 1. The molecule has 1 heterocycles. The molecule has 20 heavy (non-hydrogen) atoms. The van der Waals surface area contributed by atoms with Gasteiger partial charge in [0, 0.05) is 12.1 Å². The molecular weight excluding hydrogens is 258 g/mol. The summed E-state index contributed by atoms with van der Waals surface area (Å²) in [5.74, 6) is 0.692. The van der Waals surface area contributed by atoms with Gasteiger partial charge in [0.25, 0.3) is 0 Å². The zero-order valence-electron chi connectivity index (χ0n) is 11.0. The van der Waals surface area contributed by atoms with Gasteiger partial charge in [0.15, 0.2) is 0 Å². The molecule has 7 heteroatoms. The smallest absolute Gasteiger partial charge is 0.221 e. The Morgan fingerprint density at radius 1 is 1.35 bits per heavy atom. The first-order valence-corrected chi connectivity index (χ1v) is 6.31. The standard InChI is InChI=1S/C13H17N5O2/c14-11-1-3-12(4-2-11)20-8-6-16-13(19)5-7-18-10-15-9-17-18/h1-4,9-10H,5-8,14H2,(H,16,19). The van der Waals surface area contributed by atoms with Crippen molar-refractivity contribution in [1.82, 2.24) is 20.1 Å². The summed E-state index contributed by atoms with van der Waals surface area (Å²) in [6, 6.07) is 7.13. The highest BCUT2D eigenvalue weighted by Crippen LogP contribution is 2.12. The fourth-order valence-corrected chi connectivity index (χ4v) is 1.58. The van der Waals surface area contributed by atoms with Gasteiger partial charge in [-0.3, -0.25) is 9.48 Å². The summed E-state index contributed by atoms with van der Waals surface area (Å²) >= 11 is 0. The topological polar surface area (TPSA) is 95.1 Å². The molecule has 0 fully saturated rings. The first kappa shape index (κ1) is 13.9. The van der Waals surface area contributed by atoms with Gasteiger partial charge in [0.2, 0.25) is 5.91 Å². The van der Waals surface area contributed by atoms with Crippen LogP contribution in [0, 0.1) is 0 Å². The maximum atomic E-state index is 11.5. The van der Waals surface area contributed by atoms with Crippen LogP contribution in [0.2, 0.25) is 0 Å². The second-order valence-electron chi connectivity index (χ2n) is 4.18. The van der Waals surface area contributed by atoms with Gasteiger partial charge in [-0.15, -0.1) is 0 Å². The van der Waals surface area contributed by atoms with E-state index in [2.05, 4.69) is 15.4 Å². The van der Waals surface area contributed by atoms with Crippen LogP contribution in [0.3, 0.4) is 0 Å². The number of hydrogen-bond acceptors (Lipinski definition) is 5. The predicted octanol–water partition coefficient (Wildman–Crippen LogP) is 0.446. The van der Waals surface area contributed by atoms with E-state index in [-0.39, 0.29) is 5.91 Å². The monoisotopic (exact) mass is 275 g/mol. The summed E-state index contributed by atoms with van der Waals surface area (Å²) in [7, 11) is 0. The fraction of sp³-hybridized carbons (Fsp3) is 0.308. The van der Waals surface area contributed by atoms with Gasteiger partial charge in [-0.1, -0.05) is 0 Å². The van der Waals surface area contributed by atoms with E-state index >= 15 is 0 Å². The molecule has 0 aliphatic heterocycles. The third-order valence-electron chi connectivity index (χ3n) is 2.61. The number of nitrogen functional groups attached to an aromatic ring is 1. The van der Waals surface area contributed by atoms with E-state index < -0.39 is 0 Å². The number of aryl methyl sites for hydroxylation is 1. The van der Waals surface area contributed by atoms with Gasteiger partial charge >= 0.3 is 0 Å². The Morgan fingerprint density at radius 3 is 2.85 bits per heavy atom. The van der Waals surface area contributed by atoms with Gasteiger partial charge in [-0.25, -0.2) is 4.98 Å². The highest BCUT2D eigenvalue weighted by molar-refractivity contribution is 5.75. The van der Waals surface area contributed by atoms with Gasteiger partial charge in [0.05, 0.1) is 13.1 Å². The molecule has 0 saturated carbocycles. The number of nitrogens with zero attached hydrogens (tertiary/aromatic N) is 3. The summed E-state index contributed by atoms with van der Waals surface area (Å²) < 4.78 is 7.08. The Labute approximate surface area is 116 Å². The molecule has 2 aromatic rings. The Balaban J connectivity index is 1.58. The van der Waals surface area contributed by atoms with Crippen molar-refractivity contribution in [3.63, 3.8) is 0 Å². The molecule has 0 aliphatic rings. The number of ether oxygens (including phenoxy) is 1. The average Bonchev–Trinajstić information content (AvgIpc) is 2.96. The third-order valence-corrected chi connectivity index (χ3v) is 2.61. The van der Waals surface area contributed by atoms with E-state index in [1.54, 1.807) is 35.3 Å². The number of aromatic nitrogens is 3. The number of carbonyl (C=O) groups excluding carboxylic acids is 1. The minimum Gasteiger partial charge on any atom is -0.492 e. The molecule has 3 N–H and O–H groups in total. The highest BCUT2D eigenvalue weighted by atomic mass is 16.5. The van der Waals surface area contributed by atoms with Crippen LogP contribution < -0.4 is 15.8 Å². The molecular formula is C13H17N5O2. The number of benzene rings is 1. The molecule has 0 aliphatic carbocycles. The van der Waals surface area contributed by atoms with Crippen molar-refractivity contribution in [3.05, 3.63) is 36.9 Å². The third kappa shape index (κ3) is 4.60. The summed E-state index contributed by atoms with van der Waals surface area (Å²) in [6.45, 7) is 1.39. The molecule has 2 rings (SSSR count). The molecule has 106 valence electrons. The Hall–Kier alpha value is -2.57. The van der Waals surface area contributed by atoms with Crippen molar-refractivity contribution in [1.29, 1.82) is 0 Å². The molecule has 1 aromatic carbocycles. The van der Waals surface area contributed by atoms with Gasteiger partial charge in [0.1, 0.15) is 25.0 Å². The van der Waals surface area contributed by atoms with E-state index in [4.69, 9.17) is 10.5 Å². The lowest BCUT2D eigenvalue weighted by Gasteiger charge is -2.08. The molecule has 0 radical (unpaired) electrons. The van der Waals surface area contributed by atoms with Crippen LogP contribution in [0.1, 0.15) is 6.42 Å². The second-order valence-corrected chi connectivity index (χ2v) is 4.18. The molecule has 0 unspecified atom stereocenters. The number of nitrogens with two attached hydrogens (primary N) is 1. The lowest BCUT2D eigenvalue weighted by atomic mass is 10.3. The number of hydrogen-bond donors (Lipinski definition) is 2. The SMILES string of the molecule is Nc1ccc(OCCNC(=O)CCn2cncn2)cc1. The first-order chi connectivity index (χ1) is 9.74. The van der Waals surface area contributed by atoms with E-state index in [0.29, 0.717) is 31.8 Å². The van der Waals surface area contributed by atoms with Crippen molar-refractivity contribution in [2.75, 3.05) is 18.9 Å². The summed E-state index contributed by atoms with van der Waals surface area (Å²) in [5, 5.41) is 6.70. The minimum absolute atomic E-state index is 0.0404. The number of anilines is 1. The predicted molar refractivity (Wildman–Crippen MR) is 74.0 cm³/mol. The van der Waals surface area contributed by atoms with Crippen LogP contribution in [0.25, 0.3) is 0 Å². The molecule has 0 atom stereocenters. The highest BCUT2D eigenvalue weighted by Gasteiger charge is 2.01. The maximum absolute atomic E-state index is 11.5. The van der Waals surface area contributed by atoms with Crippen LogP contribution >= 0.6 is 0 Å². The van der Waals surface area contributed by atoms with Gasteiger partial charge in [-0.2, -0.15) is 5.10 Å². The van der Waals surface area contributed by atoms with Crippen molar-refractivity contribution < 1.29 is 9.53 Å². The van der Waals surface area contributed by atoms with Gasteiger partial charge < -0.3 is 15.8 Å². The fourth-order valence-electron chi connectivity index (χ4n) is 1.58. The normalized spacial score (nSPS) is 10.2. The van der Waals surface area contributed by atoms with E-state index in [9.17, 15) is 4.79 Å². The van der Waals surface area contributed by atoms with Crippen LogP contribution in [0.5, 0.6) is 5.75 Å². The zero-order chi connectivity index (χ0) is 14.2. The lowest BCUT2D eigenvalue weighted by molar-refractivity contribution is -0.121. The van der Waals surface area contributed by atoms with Crippen molar-refractivity contribution >= 4 is 11.6 Å². The van der Waals surface area contributed by atoms with Crippen LogP contribution in [-0.4, -0.2) is 33.8 Å². The van der Waals surface area contributed by atoms with Crippen molar-refractivity contribution in [2.45, 2.75) is 13.0 Å². The Bertz CT molecular complexity index is 524. The number of rotatable bonds is 7. The average molecular weight is 275 g/mol. The molecule has 0 saturated heterocycles. The Morgan fingerprint density at radius 2 is 2.15 bits per heavy atom. The largest absolute Gasteiger partial charge is 0.492 e. The van der Waals surface area contributed by atoms with Crippen LogP contribution in [0.4, 0.5) is 5.69 Å². The summed E-state index contributed by atoms with van der Waals surface area (Å²) in [5.41, 5.74) is 6.26. The van der Waals surface area contributed by atoms with Gasteiger partial charge in [-0.05, 0) is 24.3 Å². The zero-order valence-corrected chi connectivity index (χ0v) is 11.0. The summed E-state index contributed by atoms with van der Waals surface area (Å²) in [4.78, 5) is 15.4. The van der Waals surface area contributed by atoms with E-state index in [0.717, 1.165) is 5.75 Å². The van der Waals surface area contributed by atoms with Crippen LogP contribution in [-0.2, 0) is 11.3 Å². The maximum Gasteiger partial charge on any atom is 0.221 e.